The molecule has 0 saturated carbocycles. The number of ether oxygens (including phenoxy) is 1. The molecule has 1 amide bonds. The maximum absolute atomic E-state index is 13.8. The van der Waals surface area contributed by atoms with Crippen molar-refractivity contribution in [2.75, 3.05) is 19.6 Å². The number of hydrogen-bond donors (Lipinski definition) is 1. The number of carbonyl (C=O) groups excluding carboxylic acids is 1. The van der Waals surface area contributed by atoms with Gasteiger partial charge in [-0.05, 0) is 5.56 Å². The van der Waals surface area contributed by atoms with Gasteiger partial charge in [-0.1, -0.05) is 30.3 Å². The van der Waals surface area contributed by atoms with Crippen LogP contribution in [0.25, 0.3) is 0 Å². The van der Waals surface area contributed by atoms with Crippen molar-refractivity contribution in [3.8, 4) is 0 Å². The molecule has 0 aromatic heterocycles. The highest BCUT2D eigenvalue weighted by atomic mass is 35.5. The second-order valence-electron chi connectivity index (χ2n) is 4.57. The number of amides is 1. The zero-order valence-electron chi connectivity index (χ0n) is 10.5. The molecule has 1 fully saturated rings. The third-order valence-electron chi connectivity index (χ3n) is 3.13. The van der Waals surface area contributed by atoms with Crippen molar-refractivity contribution in [2.45, 2.75) is 18.7 Å². The lowest BCUT2D eigenvalue weighted by Gasteiger charge is -2.19. The Bertz CT molecular complexity index is 418. The van der Waals surface area contributed by atoms with Gasteiger partial charge in [-0.2, -0.15) is 0 Å². The average Bonchev–Trinajstić information content (AvgIpc) is 2.81. The summed E-state index contributed by atoms with van der Waals surface area (Å²) in [6.45, 7) is 0.534. The fourth-order valence-corrected chi connectivity index (χ4v) is 1.97. The number of halogens is 2. The molecule has 0 radical (unpaired) electrons. The summed E-state index contributed by atoms with van der Waals surface area (Å²) in [5, 5.41) is 0. The minimum absolute atomic E-state index is 0. The van der Waals surface area contributed by atoms with Crippen molar-refractivity contribution in [3.63, 3.8) is 0 Å². The second kappa shape index (κ2) is 6.73. The van der Waals surface area contributed by atoms with Gasteiger partial charge in [0.1, 0.15) is 12.3 Å². The first-order chi connectivity index (χ1) is 8.63. The Morgan fingerprint density at radius 1 is 1.42 bits per heavy atom. The summed E-state index contributed by atoms with van der Waals surface area (Å²) in [5.41, 5.74) is 4.80. The van der Waals surface area contributed by atoms with Crippen LogP contribution < -0.4 is 5.73 Å². The molecule has 1 aliphatic heterocycles. The maximum Gasteiger partial charge on any atom is 0.410 e. The standard InChI is InChI=1S/C13H17FN2O2.ClH/c14-13(9-15)6-7-16(10-13)12(17)18-8-11-4-2-1-3-5-11;/h1-5H,6-10,15H2;1H. The smallest absolute Gasteiger partial charge is 0.410 e. The van der Waals surface area contributed by atoms with Crippen LogP contribution >= 0.6 is 12.4 Å². The summed E-state index contributed by atoms with van der Waals surface area (Å²) in [6, 6.07) is 9.39. The Hall–Kier alpha value is -1.33. The number of hydrogen-bond acceptors (Lipinski definition) is 3. The van der Waals surface area contributed by atoms with Gasteiger partial charge in [0.25, 0.3) is 0 Å². The largest absolute Gasteiger partial charge is 0.445 e. The number of rotatable bonds is 3. The quantitative estimate of drug-likeness (QED) is 0.927. The van der Waals surface area contributed by atoms with Crippen molar-refractivity contribution < 1.29 is 13.9 Å². The Labute approximate surface area is 118 Å². The fourth-order valence-electron chi connectivity index (χ4n) is 1.97. The van der Waals surface area contributed by atoms with Crippen molar-refractivity contribution in [3.05, 3.63) is 35.9 Å². The van der Waals surface area contributed by atoms with Crippen LogP contribution in [0.3, 0.4) is 0 Å². The van der Waals surface area contributed by atoms with Gasteiger partial charge in [0.2, 0.25) is 0 Å². The average molecular weight is 289 g/mol. The number of nitrogens with two attached hydrogens (primary N) is 1. The number of benzene rings is 1. The van der Waals surface area contributed by atoms with E-state index in [1.54, 1.807) is 0 Å². The molecule has 4 nitrogen and oxygen atoms in total. The zero-order chi connectivity index (χ0) is 13.0. The lowest BCUT2D eigenvalue weighted by Crippen LogP contribution is -2.38. The van der Waals surface area contributed by atoms with Gasteiger partial charge in [0.05, 0.1) is 6.54 Å². The van der Waals surface area contributed by atoms with Crippen LogP contribution in [0.4, 0.5) is 9.18 Å². The molecule has 0 spiro atoms. The normalized spacial score (nSPS) is 21.9. The monoisotopic (exact) mass is 288 g/mol. The highest BCUT2D eigenvalue weighted by Gasteiger charge is 2.39. The molecule has 2 rings (SSSR count). The maximum atomic E-state index is 13.8. The summed E-state index contributed by atoms with van der Waals surface area (Å²) < 4.78 is 19.0. The first kappa shape index (κ1) is 15.7. The van der Waals surface area contributed by atoms with Gasteiger partial charge < -0.3 is 15.4 Å². The summed E-state index contributed by atoms with van der Waals surface area (Å²) in [6.07, 6.45) is -0.198. The summed E-state index contributed by atoms with van der Waals surface area (Å²) in [7, 11) is 0. The number of nitrogens with zero attached hydrogens (tertiary/aromatic N) is 1. The molecule has 0 aliphatic carbocycles. The van der Waals surface area contributed by atoms with Crippen molar-refractivity contribution in [1.29, 1.82) is 0 Å². The molecule has 1 atom stereocenters. The molecule has 106 valence electrons. The lowest BCUT2D eigenvalue weighted by molar-refractivity contribution is 0.0952. The van der Waals surface area contributed by atoms with E-state index in [4.69, 9.17) is 10.5 Å². The SMILES string of the molecule is Cl.NCC1(F)CCN(C(=O)OCc2ccccc2)C1. The molecule has 6 heteroatoms. The van der Waals surface area contributed by atoms with E-state index < -0.39 is 11.8 Å². The van der Waals surface area contributed by atoms with Gasteiger partial charge in [-0.25, -0.2) is 9.18 Å². The molecular weight excluding hydrogens is 271 g/mol. The van der Waals surface area contributed by atoms with E-state index >= 15 is 0 Å². The van der Waals surface area contributed by atoms with E-state index in [0.717, 1.165) is 5.56 Å². The van der Waals surface area contributed by atoms with Crippen molar-refractivity contribution in [2.24, 2.45) is 5.73 Å². The molecule has 1 aromatic rings. The van der Waals surface area contributed by atoms with E-state index in [2.05, 4.69) is 0 Å². The summed E-state index contributed by atoms with van der Waals surface area (Å²) >= 11 is 0. The van der Waals surface area contributed by atoms with Crippen LogP contribution in [-0.2, 0) is 11.3 Å². The van der Waals surface area contributed by atoms with E-state index in [0.29, 0.717) is 6.54 Å². The van der Waals surface area contributed by atoms with E-state index in [1.807, 2.05) is 30.3 Å². The molecule has 1 aliphatic rings. The predicted octanol–water partition coefficient (Wildman–Crippen LogP) is 2.12. The van der Waals surface area contributed by atoms with Crippen LogP contribution in [0.1, 0.15) is 12.0 Å². The fraction of sp³-hybridized carbons (Fsp3) is 0.462. The van der Waals surface area contributed by atoms with Crippen LogP contribution in [0, 0.1) is 0 Å². The molecular formula is C13H18ClFN2O2. The van der Waals surface area contributed by atoms with E-state index in [1.165, 1.54) is 4.90 Å². The van der Waals surface area contributed by atoms with E-state index in [9.17, 15) is 9.18 Å². The minimum Gasteiger partial charge on any atom is -0.445 e. The molecule has 1 heterocycles. The highest BCUT2D eigenvalue weighted by molar-refractivity contribution is 5.85. The van der Waals surface area contributed by atoms with E-state index in [-0.39, 0.29) is 38.5 Å². The molecule has 1 aromatic carbocycles. The molecule has 19 heavy (non-hydrogen) atoms. The van der Waals surface area contributed by atoms with Gasteiger partial charge in [-0.15, -0.1) is 12.4 Å². The Morgan fingerprint density at radius 2 is 2.11 bits per heavy atom. The first-order valence-electron chi connectivity index (χ1n) is 5.98. The van der Waals surface area contributed by atoms with Gasteiger partial charge in [0, 0.05) is 19.5 Å². The second-order valence-corrected chi connectivity index (χ2v) is 4.57. The third kappa shape index (κ3) is 4.08. The van der Waals surface area contributed by atoms with Crippen LogP contribution in [0.15, 0.2) is 30.3 Å². The van der Waals surface area contributed by atoms with Gasteiger partial charge in [0.15, 0.2) is 0 Å². The Balaban J connectivity index is 0.00000180. The summed E-state index contributed by atoms with van der Waals surface area (Å²) in [5.74, 6) is 0. The van der Waals surface area contributed by atoms with Crippen LogP contribution in [0.2, 0.25) is 0 Å². The predicted molar refractivity (Wildman–Crippen MR) is 73.0 cm³/mol. The number of likely N-dealkylation sites (tertiary alicyclic amines) is 1. The van der Waals surface area contributed by atoms with Crippen molar-refractivity contribution >= 4 is 18.5 Å². The van der Waals surface area contributed by atoms with Gasteiger partial charge >= 0.3 is 6.09 Å². The number of alkyl halides is 1. The van der Waals surface area contributed by atoms with Crippen molar-refractivity contribution in [1.82, 2.24) is 4.90 Å². The lowest BCUT2D eigenvalue weighted by atomic mass is 10.1. The Kier molecular flexibility index (Phi) is 5.57. The topological polar surface area (TPSA) is 55.6 Å². The first-order valence-corrected chi connectivity index (χ1v) is 5.98. The van der Waals surface area contributed by atoms with Crippen LogP contribution in [-0.4, -0.2) is 36.3 Å². The summed E-state index contributed by atoms with van der Waals surface area (Å²) in [4.78, 5) is 13.1. The molecule has 1 unspecified atom stereocenters. The third-order valence-corrected chi connectivity index (χ3v) is 3.13. The Morgan fingerprint density at radius 3 is 2.68 bits per heavy atom. The minimum atomic E-state index is -1.45. The van der Waals surface area contributed by atoms with Crippen LogP contribution in [0.5, 0.6) is 0 Å². The highest BCUT2D eigenvalue weighted by Crippen LogP contribution is 2.24. The molecule has 0 bridgehead atoms. The van der Waals surface area contributed by atoms with Gasteiger partial charge in [-0.3, -0.25) is 0 Å². The molecule has 2 N–H and O–H groups in total. The number of carbonyl (C=O) groups is 1. The zero-order valence-corrected chi connectivity index (χ0v) is 11.4. The molecule has 1 saturated heterocycles.